The number of carboxylic acids is 1. The van der Waals surface area contributed by atoms with Gasteiger partial charge in [0.15, 0.2) is 0 Å². The SMILES string of the molecule is Nc1ccc(-c2cccs2)cc1NC(=O)c1cccc(-c2cn(Cc3cccc(C(=O)O)c3)nn2)c1. The van der Waals surface area contributed by atoms with Gasteiger partial charge in [0.1, 0.15) is 5.69 Å². The summed E-state index contributed by atoms with van der Waals surface area (Å²) in [6.45, 7) is 0.369. The molecule has 2 heterocycles. The van der Waals surface area contributed by atoms with E-state index < -0.39 is 5.97 Å². The minimum Gasteiger partial charge on any atom is -0.478 e. The second-order valence-corrected chi connectivity index (χ2v) is 9.07. The summed E-state index contributed by atoms with van der Waals surface area (Å²) in [5.41, 5.74) is 10.9. The number of nitrogens with zero attached hydrogens (tertiary/aromatic N) is 3. The maximum atomic E-state index is 13.0. The van der Waals surface area contributed by atoms with Crippen LogP contribution in [0.4, 0.5) is 11.4 Å². The topological polar surface area (TPSA) is 123 Å². The zero-order valence-corrected chi connectivity index (χ0v) is 19.8. The van der Waals surface area contributed by atoms with Crippen LogP contribution in [0.2, 0.25) is 0 Å². The lowest BCUT2D eigenvalue weighted by Crippen LogP contribution is -2.13. The van der Waals surface area contributed by atoms with Crippen LogP contribution in [0.15, 0.2) is 90.4 Å². The Morgan fingerprint density at radius 3 is 2.58 bits per heavy atom. The van der Waals surface area contributed by atoms with Crippen molar-refractivity contribution in [3.8, 4) is 21.7 Å². The molecule has 9 heteroatoms. The molecule has 5 aromatic rings. The molecular weight excluding hydrogens is 474 g/mol. The van der Waals surface area contributed by atoms with Crippen molar-refractivity contribution in [1.29, 1.82) is 0 Å². The smallest absolute Gasteiger partial charge is 0.335 e. The molecule has 0 unspecified atom stereocenters. The van der Waals surface area contributed by atoms with Crippen LogP contribution in [0.25, 0.3) is 21.7 Å². The van der Waals surface area contributed by atoms with E-state index in [9.17, 15) is 14.7 Å². The summed E-state index contributed by atoms with van der Waals surface area (Å²) in [6, 6.07) is 23.3. The summed E-state index contributed by atoms with van der Waals surface area (Å²) < 4.78 is 1.62. The summed E-state index contributed by atoms with van der Waals surface area (Å²) in [7, 11) is 0. The van der Waals surface area contributed by atoms with Crippen LogP contribution in [0.3, 0.4) is 0 Å². The van der Waals surface area contributed by atoms with Crippen molar-refractivity contribution in [2.45, 2.75) is 6.54 Å². The van der Waals surface area contributed by atoms with Gasteiger partial charge in [-0.15, -0.1) is 16.4 Å². The van der Waals surface area contributed by atoms with Crippen LogP contribution in [-0.4, -0.2) is 32.0 Å². The zero-order chi connectivity index (χ0) is 25.1. The highest BCUT2D eigenvalue weighted by atomic mass is 32.1. The van der Waals surface area contributed by atoms with Gasteiger partial charge in [-0.05, 0) is 59.0 Å². The number of thiophene rings is 1. The highest BCUT2D eigenvalue weighted by Crippen LogP contribution is 2.30. The van der Waals surface area contributed by atoms with Crippen molar-refractivity contribution in [2.75, 3.05) is 11.1 Å². The van der Waals surface area contributed by atoms with Crippen molar-refractivity contribution in [1.82, 2.24) is 15.0 Å². The van der Waals surface area contributed by atoms with Gasteiger partial charge in [-0.2, -0.15) is 0 Å². The Kier molecular flexibility index (Phi) is 6.29. The van der Waals surface area contributed by atoms with Crippen molar-refractivity contribution in [3.63, 3.8) is 0 Å². The summed E-state index contributed by atoms with van der Waals surface area (Å²) in [5, 5.41) is 22.5. The Morgan fingerprint density at radius 1 is 0.944 bits per heavy atom. The molecule has 36 heavy (non-hydrogen) atoms. The minimum atomic E-state index is -0.980. The molecule has 1 amide bonds. The Morgan fingerprint density at radius 2 is 1.78 bits per heavy atom. The number of nitrogens with one attached hydrogen (secondary N) is 1. The van der Waals surface area contributed by atoms with Crippen molar-refractivity contribution >= 4 is 34.6 Å². The summed E-state index contributed by atoms with van der Waals surface area (Å²) in [6.07, 6.45) is 1.76. The fourth-order valence-electron chi connectivity index (χ4n) is 3.77. The van der Waals surface area contributed by atoms with Gasteiger partial charge < -0.3 is 16.2 Å². The van der Waals surface area contributed by atoms with Crippen LogP contribution in [0, 0.1) is 0 Å². The third-order valence-corrected chi connectivity index (χ3v) is 6.50. The Balaban J connectivity index is 1.33. The fourth-order valence-corrected chi connectivity index (χ4v) is 4.50. The van der Waals surface area contributed by atoms with E-state index in [0.717, 1.165) is 21.6 Å². The lowest BCUT2D eigenvalue weighted by atomic mass is 10.1. The fraction of sp³-hybridized carbons (Fsp3) is 0.0370. The second-order valence-electron chi connectivity index (χ2n) is 8.12. The molecular formula is C27H21N5O3S. The van der Waals surface area contributed by atoms with Crippen molar-refractivity contribution < 1.29 is 14.7 Å². The number of nitrogens with two attached hydrogens (primary N) is 1. The van der Waals surface area contributed by atoms with Crippen LogP contribution in [0.1, 0.15) is 26.3 Å². The number of anilines is 2. The van der Waals surface area contributed by atoms with Gasteiger partial charge in [0.2, 0.25) is 0 Å². The molecule has 178 valence electrons. The summed E-state index contributed by atoms with van der Waals surface area (Å²) in [4.78, 5) is 25.3. The third-order valence-electron chi connectivity index (χ3n) is 5.58. The van der Waals surface area contributed by atoms with Gasteiger partial charge >= 0.3 is 5.97 Å². The Hall–Kier alpha value is -4.76. The number of hydrogen-bond acceptors (Lipinski definition) is 6. The first-order chi connectivity index (χ1) is 17.5. The first kappa shape index (κ1) is 23.0. The average Bonchev–Trinajstić information content (AvgIpc) is 3.58. The van der Waals surface area contributed by atoms with Gasteiger partial charge in [0.05, 0.1) is 29.7 Å². The predicted octanol–water partition coefficient (Wildman–Crippen LogP) is 5.25. The molecule has 8 nitrogen and oxygen atoms in total. The molecule has 0 aliphatic carbocycles. The molecule has 2 aromatic heterocycles. The monoisotopic (exact) mass is 495 g/mol. The minimum absolute atomic E-state index is 0.216. The van der Waals surface area contributed by atoms with Gasteiger partial charge in [-0.3, -0.25) is 4.79 Å². The van der Waals surface area contributed by atoms with Crippen LogP contribution < -0.4 is 11.1 Å². The van der Waals surface area contributed by atoms with E-state index in [2.05, 4.69) is 15.6 Å². The Bertz CT molecular complexity index is 1560. The van der Waals surface area contributed by atoms with Gasteiger partial charge in [-0.1, -0.05) is 41.6 Å². The van der Waals surface area contributed by atoms with Crippen molar-refractivity contribution in [3.05, 3.63) is 107 Å². The van der Waals surface area contributed by atoms with Crippen LogP contribution >= 0.6 is 11.3 Å². The molecule has 4 N–H and O–H groups in total. The van der Waals surface area contributed by atoms with E-state index in [-0.39, 0.29) is 11.5 Å². The molecule has 5 rings (SSSR count). The Labute approximate surface area is 210 Å². The van der Waals surface area contributed by atoms with Gasteiger partial charge in [0, 0.05) is 16.0 Å². The lowest BCUT2D eigenvalue weighted by molar-refractivity contribution is 0.0696. The highest BCUT2D eigenvalue weighted by Gasteiger charge is 2.13. The average molecular weight is 496 g/mol. The third kappa shape index (κ3) is 5.01. The molecule has 0 saturated heterocycles. The summed E-state index contributed by atoms with van der Waals surface area (Å²) in [5.74, 6) is -1.27. The lowest BCUT2D eigenvalue weighted by Gasteiger charge is -2.10. The van der Waals surface area contributed by atoms with Crippen LogP contribution in [-0.2, 0) is 6.54 Å². The number of aromatic nitrogens is 3. The predicted molar refractivity (Wildman–Crippen MR) is 140 cm³/mol. The number of carbonyl (C=O) groups is 2. The highest BCUT2D eigenvalue weighted by molar-refractivity contribution is 7.13. The van der Waals surface area contributed by atoms with E-state index in [1.807, 2.05) is 41.8 Å². The number of aromatic carboxylic acids is 1. The zero-order valence-electron chi connectivity index (χ0n) is 19.0. The van der Waals surface area contributed by atoms with Gasteiger partial charge in [0.25, 0.3) is 5.91 Å². The molecule has 0 spiro atoms. The maximum Gasteiger partial charge on any atom is 0.335 e. The number of benzene rings is 3. The largest absolute Gasteiger partial charge is 0.478 e. The van der Waals surface area contributed by atoms with E-state index in [4.69, 9.17) is 5.73 Å². The summed E-state index contributed by atoms with van der Waals surface area (Å²) >= 11 is 1.62. The van der Waals surface area contributed by atoms with E-state index in [1.54, 1.807) is 64.7 Å². The van der Waals surface area contributed by atoms with Gasteiger partial charge in [-0.25, -0.2) is 9.48 Å². The number of hydrogen-bond donors (Lipinski definition) is 3. The van der Waals surface area contributed by atoms with E-state index in [0.29, 0.717) is 29.2 Å². The molecule has 0 aliphatic rings. The normalized spacial score (nSPS) is 10.8. The van der Waals surface area contributed by atoms with E-state index >= 15 is 0 Å². The second kappa shape index (κ2) is 9.85. The number of amides is 1. The molecule has 0 bridgehead atoms. The molecule has 0 saturated carbocycles. The number of nitrogen functional groups attached to an aromatic ring is 1. The molecule has 0 fully saturated rings. The first-order valence-electron chi connectivity index (χ1n) is 11.0. The molecule has 3 aromatic carbocycles. The first-order valence-corrected chi connectivity index (χ1v) is 11.9. The standard InChI is InChI=1S/C27H21N5O3S/c28-22-10-9-19(25-8-3-11-36-25)14-23(22)29-26(33)20-6-2-5-18(13-20)24-16-32(31-30-24)15-17-4-1-7-21(12-17)27(34)35/h1-14,16H,15,28H2,(H,29,33)(H,34,35). The number of rotatable bonds is 7. The molecule has 0 aliphatic heterocycles. The maximum absolute atomic E-state index is 13.0. The van der Waals surface area contributed by atoms with Crippen LogP contribution in [0.5, 0.6) is 0 Å². The van der Waals surface area contributed by atoms with E-state index in [1.165, 1.54) is 0 Å². The molecule has 0 atom stereocenters. The number of carbonyl (C=O) groups excluding carboxylic acids is 1. The molecule has 0 radical (unpaired) electrons. The van der Waals surface area contributed by atoms with Crippen molar-refractivity contribution in [2.24, 2.45) is 0 Å². The quantitative estimate of drug-likeness (QED) is 0.265. The number of carboxylic acid groups (broad SMARTS) is 1.